The van der Waals surface area contributed by atoms with Gasteiger partial charge in [-0.1, -0.05) is 26.7 Å². The van der Waals surface area contributed by atoms with Crippen LogP contribution in [0.15, 0.2) is 36.5 Å². The second-order valence-corrected chi connectivity index (χ2v) is 9.86. The summed E-state index contributed by atoms with van der Waals surface area (Å²) in [6, 6.07) is 9.80. The fourth-order valence-corrected chi connectivity index (χ4v) is 5.73. The van der Waals surface area contributed by atoms with Gasteiger partial charge in [0.1, 0.15) is 17.2 Å². The molecule has 5 rings (SSSR count). The van der Waals surface area contributed by atoms with Gasteiger partial charge in [0.2, 0.25) is 0 Å². The Morgan fingerprint density at radius 2 is 1.91 bits per heavy atom. The molecule has 172 valence electrons. The van der Waals surface area contributed by atoms with E-state index in [4.69, 9.17) is 14.7 Å². The van der Waals surface area contributed by atoms with Crippen LogP contribution in [0.25, 0.3) is 21.7 Å². The zero-order chi connectivity index (χ0) is 22.8. The molecule has 0 radical (unpaired) electrons. The van der Waals surface area contributed by atoms with E-state index in [1.807, 2.05) is 30.3 Å². The molecule has 1 aliphatic rings. The van der Waals surface area contributed by atoms with Gasteiger partial charge < -0.3 is 14.8 Å². The molecule has 33 heavy (non-hydrogen) atoms. The van der Waals surface area contributed by atoms with Crippen molar-refractivity contribution in [3.05, 3.63) is 52.9 Å². The Bertz CT molecular complexity index is 1230. The van der Waals surface area contributed by atoms with Gasteiger partial charge in [-0.15, -0.1) is 11.3 Å². The second-order valence-electron chi connectivity index (χ2n) is 8.75. The van der Waals surface area contributed by atoms with Crippen LogP contribution in [0.5, 0.6) is 11.5 Å². The summed E-state index contributed by atoms with van der Waals surface area (Å²) < 4.78 is 7.28. The summed E-state index contributed by atoms with van der Waals surface area (Å²) in [7, 11) is 0. The summed E-state index contributed by atoms with van der Waals surface area (Å²) in [5.74, 6) is 2.60. The third-order valence-electron chi connectivity index (χ3n) is 6.47. The number of imidazole rings is 1. The summed E-state index contributed by atoms with van der Waals surface area (Å²) in [5, 5.41) is 11.4. The Morgan fingerprint density at radius 1 is 1.06 bits per heavy atom. The first-order valence-electron chi connectivity index (χ1n) is 11.9. The van der Waals surface area contributed by atoms with Crippen molar-refractivity contribution in [1.82, 2.24) is 19.9 Å². The number of rotatable bonds is 7. The maximum Gasteiger partial charge on any atom is 0.156 e. The van der Waals surface area contributed by atoms with E-state index in [2.05, 4.69) is 23.8 Å². The minimum Gasteiger partial charge on any atom is -0.457 e. The molecule has 1 saturated carbocycles. The smallest absolute Gasteiger partial charge is 0.156 e. The number of ether oxygens (including phenoxy) is 1. The third-order valence-corrected chi connectivity index (χ3v) is 7.51. The highest BCUT2D eigenvalue weighted by Crippen LogP contribution is 2.33. The first-order chi connectivity index (χ1) is 16.1. The molecule has 2 atom stereocenters. The van der Waals surface area contributed by atoms with E-state index in [-0.39, 0.29) is 6.10 Å². The van der Waals surface area contributed by atoms with Crippen molar-refractivity contribution in [2.45, 2.75) is 64.9 Å². The Balaban J connectivity index is 1.34. The number of pyridine rings is 1. The average molecular weight is 463 g/mol. The highest BCUT2D eigenvalue weighted by molar-refractivity contribution is 7.18. The lowest BCUT2D eigenvalue weighted by Crippen LogP contribution is -2.26. The van der Waals surface area contributed by atoms with E-state index < -0.39 is 0 Å². The highest BCUT2D eigenvalue weighted by atomic mass is 32.1. The van der Waals surface area contributed by atoms with E-state index in [9.17, 15) is 5.11 Å². The van der Waals surface area contributed by atoms with Crippen molar-refractivity contribution in [2.24, 2.45) is 5.92 Å². The number of fused-ring (bicyclic) bond motifs is 1. The number of hydrogen-bond donors (Lipinski definition) is 2. The van der Waals surface area contributed by atoms with Crippen molar-refractivity contribution < 1.29 is 9.84 Å². The van der Waals surface area contributed by atoms with Gasteiger partial charge in [0.05, 0.1) is 27.0 Å². The maximum atomic E-state index is 10.3. The molecule has 3 aromatic heterocycles. The number of nitrogens with one attached hydrogen (secondary N) is 1. The SMILES string of the molecule is CCc1nc(-c2cc(Oc3ccc4nc(C[C@@H]5CCCC[C@H]5O)sc4c3)ccn2)[nH]c1CC. The molecule has 0 saturated heterocycles. The monoisotopic (exact) mass is 462 g/mol. The van der Waals surface area contributed by atoms with Crippen LogP contribution in [0.4, 0.5) is 0 Å². The Kier molecular flexibility index (Phi) is 6.42. The van der Waals surface area contributed by atoms with Crippen molar-refractivity contribution in [1.29, 1.82) is 0 Å². The Hall–Kier alpha value is -2.77. The summed E-state index contributed by atoms with van der Waals surface area (Å²) in [6.07, 6.45) is 8.57. The highest BCUT2D eigenvalue weighted by Gasteiger charge is 2.24. The number of thiazole rings is 1. The number of benzene rings is 1. The molecular formula is C26H30N4O2S. The van der Waals surface area contributed by atoms with E-state index in [1.54, 1.807) is 17.5 Å². The van der Waals surface area contributed by atoms with Gasteiger partial charge in [-0.05, 0) is 49.8 Å². The van der Waals surface area contributed by atoms with E-state index in [1.165, 1.54) is 6.42 Å². The largest absolute Gasteiger partial charge is 0.457 e. The molecule has 0 bridgehead atoms. The summed E-state index contributed by atoms with van der Waals surface area (Å²) >= 11 is 1.70. The number of hydrogen-bond acceptors (Lipinski definition) is 6. The van der Waals surface area contributed by atoms with Crippen LogP contribution in [0, 0.1) is 5.92 Å². The van der Waals surface area contributed by atoms with Crippen LogP contribution in [0.1, 0.15) is 55.9 Å². The molecule has 0 aliphatic heterocycles. The van der Waals surface area contributed by atoms with Crippen LogP contribution in [-0.4, -0.2) is 31.1 Å². The second kappa shape index (κ2) is 9.61. The lowest BCUT2D eigenvalue weighted by atomic mass is 9.84. The standard InChI is InChI=1S/C26H30N4O2S/c1-3-19-20(4-2)30-26(29-19)22-14-18(11-12-27-22)32-17-9-10-21-24(15-17)33-25(28-21)13-16-7-5-6-8-23(16)31/h9-12,14-16,23,31H,3-8,13H2,1-2H3,(H,29,30)/t16-,23+/m0/s1. The molecule has 2 N–H and O–H groups in total. The average Bonchev–Trinajstić information content (AvgIpc) is 3.44. The zero-order valence-electron chi connectivity index (χ0n) is 19.2. The Morgan fingerprint density at radius 3 is 2.70 bits per heavy atom. The predicted octanol–water partition coefficient (Wildman–Crippen LogP) is 6.09. The number of aromatic amines is 1. The van der Waals surface area contributed by atoms with Crippen LogP contribution in [-0.2, 0) is 19.3 Å². The molecule has 6 nitrogen and oxygen atoms in total. The lowest BCUT2D eigenvalue weighted by Gasteiger charge is -2.26. The predicted molar refractivity (Wildman–Crippen MR) is 132 cm³/mol. The van der Waals surface area contributed by atoms with Crippen molar-refractivity contribution in [3.8, 4) is 23.0 Å². The van der Waals surface area contributed by atoms with E-state index in [0.29, 0.717) is 5.92 Å². The molecule has 1 fully saturated rings. The lowest BCUT2D eigenvalue weighted by molar-refractivity contribution is 0.0700. The number of H-pyrrole nitrogens is 1. The number of nitrogens with zero attached hydrogens (tertiary/aromatic N) is 3. The fraction of sp³-hybridized carbons (Fsp3) is 0.423. The fourth-order valence-electron chi connectivity index (χ4n) is 4.65. The minimum absolute atomic E-state index is 0.193. The van der Waals surface area contributed by atoms with E-state index >= 15 is 0 Å². The Labute approximate surface area is 198 Å². The van der Waals surface area contributed by atoms with Crippen LogP contribution >= 0.6 is 11.3 Å². The van der Waals surface area contributed by atoms with Gasteiger partial charge in [-0.2, -0.15) is 0 Å². The molecule has 3 heterocycles. The number of aryl methyl sites for hydroxylation is 2. The molecule has 0 amide bonds. The molecule has 1 aromatic carbocycles. The van der Waals surface area contributed by atoms with Crippen LogP contribution in [0.3, 0.4) is 0 Å². The van der Waals surface area contributed by atoms with Gasteiger partial charge in [-0.25, -0.2) is 9.97 Å². The van der Waals surface area contributed by atoms with Gasteiger partial charge >= 0.3 is 0 Å². The summed E-state index contributed by atoms with van der Waals surface area (Å²) in [6.45, 7) is 4.24. The van der Waals surface area contributed by atoms with Gasteiger partial charge in [0, 0.05) is 30.4 Å². The molecule has 4 aromatic rings. The topological polar surface area (TPSA) is 83.9 Å². The summed E-state index contributed by atoms with van der Waals surface area (Å²) in [4.78, 5) is 17.4. The van der Waals surface area contributed by atoms with Gasteiger partial charge in [0.15, 0.2) is 5.82 Å². The first-order valence-corrected chi connectivity index (χ1v) is 12.7. The molecular weight excluding hydrogens is 432 g/mol. The van der Waals surface area contributed by atoms with Crippen LogP contribution < -0.4 is 4.74 Å². The normalized spacial score (nSPS) is 18.6. The van der Waals surface area contributed by atoms with Gasteiger partial charge in [-0.3, -0.25) is 4.98 Å². The third kappa shape index (κ3) is 4.80. The first kappa shape index (κ1) is 22.0. The molecule has 7 heteroatoms. The zero-order valence-corrected chi connectivity index (χ0v) is 20.0. The maximum absolute atomic E-state index is 10.3. The molecule has 1 aliphatic carbocycles. The van der Waals surface area contributed by atoms with Crippen molar-refractivity contribution in [3.63, 3.8) is 0 Å². The molecule has 0 unspecified atom stereocenters. The molecule has 0 spiro atoms. The number of aliphatic hydroxyl groups is 1. The number of aromatic nitrogens is 4. The number of aliphatic hydroxyl groups excluding tert-OH is 1. The van der Waals surface area contributed by atoms with Crippen LogP contribution in [0.2, 0.25) is 0 Å². The van der Waals surface area contributed by atoms with Gasteiger partial charge in [0.25, 0.3) is 0 Å². The van der Waals surface area contributed by atoms with E-state index in [0.717, 1.165) is 88.2 Å². The van der Waals surface area contributed by atoms with Crippen molar-refractivity contribution >= 4 is 21.6 Å². The minimum atomic E-state index is -0.193. The van der Waals surface area contributed by atoms with Crippen molar-refractivity contribution in [2.75, 3.05) is 0 Å². The summed E-state index contributed by atoms with van der Waals surface area (Å²) in [5.41, 5.74) is 4.01. The quantitative estimate of drug-likeness (QED) is 0.347.